The van der Waals surface area contributed by atoms with Gasteiger partial charge in [-0.25, -0.2) is 0 Å². The Hall–Kier alpha value is -2.90. The fraction of sp³-hybridized carbons (Fsp3) is 0.238. The SMILES string of the molecule is N#Cc1cccc(CN2CC[C@H](NCC=Cc3ccccc3)C2=O)c1. The molecular weight excluding hydrogens is 310 g/mol. The second-order valence-electron chi connectivity index (χ2n) is 6.13. The van der Waals surface area contributed by atoms with Gasteiger partial charge >= 0.3 is 0 Å². The highest BCUT2D eigenvalue weighted by Gasteiger charge is 2.30. The molecule has 4 nitrogen and oxygen atoms in total. The van der Waals surface area contributed by atoms with Crippen molar-refractivity contribution in [3.05, 3.63) is 77.4 Å². The van der Waals surface area contributed by atoms with Gasteiger partial charge in [0.15, 0.2) is 0 Å². The minimum Gasteiger partial charge on any atom is -0.337 e. The molecule has 0 unspecified atom stereocenters. The lowest BCUT2D eigenvalue weighted by atomic mass is 10.1. The van der Waals surface area contributed by atoms with Gasteiger partial charge in [0.05, 0.1) is 17.7 Å². The predicted molar refractivity (Wildman–Crippen MR) is 98.5 cm³/mol. The van der Waals surface area contributed by atoms with Crippen LogP contribution in [0, 0.1) is 11.3 Å². The Bertz CT molecular complexity index is 792. The van der Waals surface area contributed by atoms with E-state index in [1.54, 1.807) is 6.07 Å². The molecule has 4 heteroatoms. The molecule has 1 atom stereocenters. The summed E-state index contributed by atoms with van der Waals surface area (Å²) in [6.45, 7) is 1.98. The van der Waals surface area contributed by atoms with E-state index in [1.807, 2.05) is 59.5 Å². The largest absolute Gasteiger partial charge is 0.337 e. The molecule has 1 aliphatic heterocycles. The second kappa shape index (κ2) is 8.27. The fourth-order valence-corrected chi connectivity index (χ4v) is 3.01. The van der Waals surface area contributed by atoms with Crippen LogP contribution in [-0.2, 0) is 11.3 Å². The number of hydrogen-bond acceptors (Lipinski definition) is 3. The molecule has 1 amide bonds. The predicted octanol–water partition coefficient (Wildman–Crippen LogP) is 2.96. The van der Waals surface area contributed by atoms with Crippen molar-refractivity contribution in [2.75, 3.05) is 13.1 Å². The molecule has 2 aromatic carbocycles. The first-order valence-corrected chi connectivity index (χ1v) is 8.49. The second-order valence-corrected chi connectivity index (χ2v) is 6.13. The molecule has 0 radical (unpaired) electrons. The van der Waals surface area contributed by atoms with Gasteiger partial charge in [-0.3, -0.25) is 4.79 Å². The Labute approximate surface area is 148 Å². The van der Waals surface area contributed by atoms with Gasteiger partial charge in [0.2, 0.25) is 5.91 Å². The number of benzene rings is 2. The Balaban J connectivity index is 1.50. The maximum Gasteiger partial charge on any atom is 0.240 e. The third-order valence-electron chi connectivity index (χ3n) is 4.32. The molecular formula is C21H21N3O. The van der Waals surface area contributed by atoms with E-state index >= 15 is 0 Å². The molecule has 0 bridgehead atoms. The van der Waals surface area contributed by atoms with Gasteiger partial charge < -0.3 is 10.2 Å². The Morgan fingerprint density at radius 3 is 2.84 bits per heavy atom. The molecule has 1 aliphatic rings. The highest BCUT2D eigenvalue weighted by molar-refractivity contribution is 5.84. The Morgan fingerprint density at radius 1 is 1.20 bits per heavy atom. The van der Waals surface area contributed by atoms with E-state index in [4.69, 9.17) is 5.26 Å². The smallest absolute Gasteiger partial charge is 0.240 e. The first kappa shape index (κ1) is 16.9. The first-order valence-electron chi connectivity index (χ1n) is 8.49. The molecule has 3 rings (SSSR count). The Morgan fingerprint density at radius 2 is 2.04 bits per heavy atom. The van der Waals surface area contributed by atoms with Crippen LogP contribution in [0.15, 0.2) is 60.7 Å². The van der Waals surface area contributed by atoms with E-state index in [9.17, 15) is 4.79 Å². The van der Waals surface area contributed by atoms with E-state index in [2.05, 4.69) is 17.5 Å². The number of rotatable bonds is 6. The minimum atomic E-state index is -0.125. The zero-order chi connectivity index (χ0) is 17.5. The molecule has 1 heterocycles. The number of nitrogens with zero attached hydrogens (tertiary/aromatic N) is 2. The summed E-state index contributed by atoms with van der Waals surface area (Å²) in [6, 6.07) is 19.6. The molecule has 0 aromatic heterocycles. The first-order chi connectivity index (χ1) is 12.3. The zero-order valence-electron chi connectivity index (χ0n) is 14.1. The lowest BCUT2D eigenvalue weighted by Crippen LogP contribution is -2.38. The van der Waals surface area contributed by atoms with Crippen molar-refractivity contribution in [1.29, 1.82) is 5.26 Å². The van der Waals surface area contributed by atoms with Crippen LogP contribution >= 0.6 is 0 Å². The number of carbonyl (C=O) groups excluding carboxylic acids is 1. The van der Waals surface area contributed by atoms with Crippen LogP contribution < -0.4 is 5.32 Å². The van der Waals surface area contributed by atoms with Crippen LogP contribution in [0.25, 0.3) is 6.08 Å². The summed E-state index contributed by atoms with van der Waals surface area (Å²) in [5.41, 5.74) is 2.78. The number of nitrogens with one attached hydrogen (secondary N) is 1. The minimum absolute atomic E-state index is 0.125. The van der Waals surface area contributed by atoms with E-state index in [0.29, 0.717) is 18.7 Å². The van der Waals surface area contributed by atoms with Crippen molar-refractivity contribution in [3.8, 4) is 6.07 Å². The summed E-state index contributed by atoms with van der Waals surface area (Å²) in [6.07, 6.45) is 4.91. The van der Waals surface area contributed by atoms with Crippen molar-refractivity contribution in [2.45, 2.75) is 19.0 Å². The van der Waals surface area contributed by atoms with Gasteiger partial charge in [0, 0.05) is 19.6 Å². The normalized spacial score (nSPS) is 17.2. The van der Waals surface area contributed by atoms with Crippen molar-refractivity contribution in [3.63, 3.8) is 0 Å². The third-order valence-corrected chi connectivity index (χ3v) is 4.32. The maximum absolute atomic E-state index is 12.5. The summed E-state index contributed by atoms with van der Waals surface area (Å²) >= 11 is 0. The summed E-state index contributed by atoms with van der Waals surface area (Å²) in [4.78, 5) is 14.4. The van der Waals surface area contributed by atoms with Crippen molar-refractivity contribution in [1.82, 2.24) is 10.2 Å². The summed E-state index contributed by atoms with van der Waals surface area (Å²) in [5.74, 6) is 0.135. The van der Waals surface area contributed by atoms with Crippen molar-refractivity contribution in [2.24, 2.45) is 0 Å². The van der Waals surface area contributed by atoms with Crippen LogP contribution in [0.1, 0.15) is 23.1 Å². The van der Waals surface area contributed by atoms with E-state index in [0.717, 1.165) is 24.1 Å². The monoisotopic (exact) mass is 331 g/mol. The molecule has 1 N–H and O–H groups in total. The fourth-order valence-electron chi connectivity index (χ4n) is 3.01. The average molecular weight is 331 g/mol. The van der Waals surface area contributed by atoms with Crippen LogP contribution in [-0.4, -0.2) is 29.9 Å². The number of amides is 1. The van der Waals surface area contributed by atoms with Crippen LogP contribution in [0.4, 0.5) is 0 Å². The quantitative estimate of drug-likeness (QED) is 0.885. The van der Waals surface area contributed by atoms with Gasteiger partial charge in [-0.15, -0.1) is 0 Å². The van der Waals surface area contributed by atoms with Gasteiger partial charge in [0.25, 0.3) is 0 Å². The molecule has 0 saturated carbocycles. The maximum atomic E-state index is 12.5. The van der Waals surface area contributed by atoms with Gasteiger partial charge in [0.1, 0.15) is 0 Å². The van der Waals surface area contributed by atoms with E-state index < -0.39 is 0 Å². The lowest BCUT2D eigenvalue weighted by molar-refractivity contribution is -0.129. The lowest BCUT2D eigenvalue weighted by Gasteiger charge is -2.17. The molecule has 1 fully saturated rings. The number of likely N-dealkylation sites (tertiary alicyclic amines) is 1. The van der Waals surface area contributed by atoms with Crippen molar-refractivity contribution >= 4 is 12.0 Å². The highest BCUT2D eigenvalue weighted by Crippen LogP contribution is 2.16. The van der Waals surface area contributed by atoms with Crippen LogP contribution in [0.2, 0.25) is 0 Å². The summed E-state index contributed by atoms with van der Waals surface area (Å²) < 4.78 is 0. The number of hydrogen-bond donors (Lipinski definition) is 1. The topological polar surface area (TPSA) is 56.1 Å². The zero-order valence-corrected chi connectivity index (χ0v) is 14.1. The van der Waals surface area contributed by atoms with Gasteiger partial charge in [-0.1, -0.05) is 54.6 Å². The molecule has 126 valence electrons. The van der Waals surface area contributed by atoms with Gasteiger partial charge in [-0.2, -0.15) is 5.26 Å². The number of nitriles is 1. The standard InChI is InChI=1S/C21H21N3O/c22-15-18-8-4-9-19(14-18)16-24-13-11-20(21(24)25)23-12-5-10-17-6-2-1-3-7-17/h1-10,14,20,23H,11-13,16H2/t20-/m0/s1. The Kier molecular flexibility index (Phi) is 5.61. The third kappa shape index (κ3) is 4.56. The molecule has 1 saturated heterocycles. The van der Waals surface area contributed by atoms with Crippen LogP contribution in [0.5, 0.6) is 0 Å². The van der Waals surface area contributed by atoms with E-state index in [1.165, 1.54) is 0 Å². The van der Waals surface area contributed by atoms with E-state index in [-0.39, 0.29) is 11.9 Å². The van der Waals surface area contributed by atoms with Crippen LogP contribution in [0.3, 0.4) is 0 Å². The average Bonchev–Trinajstić information content (AvgIpc) is 3.00. The highest BCUT2D eigenvalue weighted by atomic mass is 16.2. The molecule has 25 heavy (non-hydrogen) atoms. The summed E-state index contributed by atoms with van der Waals surface area (Å²) in [5, 5.41) is 12.3. The summed E-state index contributed by atoms with van der Waals surface area (Å²) in [7, 11) is 0. The molecule has 0 aliphatic carbocycles. The molecule has 0 spiro atoms. The molecule has 2 aromatic rings. The number of carbonyl (C=O) groups is 1. The van der Waals surface area contributed by atoms with Gasteiger partial charge in [-0.05, 0) is 29.7 Å². The van der Waals surface area contributed by atoms with Crippen molar-refractivity contribution < 1.29 is 4.79 Å².